The molecule has 1 aromatic carbocycles. The highest BCUT2D eigenvalue weighted by molar-refractivity contribution is 5.82. The first-order valence-corrected chi connectivity index (χ1v) is 7.60. The Kier molecular flexibility index (Phi) is 8.34. The monoisotopic (exact) mass is 323 g/mol. The van der Waals surface area contributed by atoms with Crippen molar-refractivity contribution in [2.24, 2.45) is 0 Å². The molecule has 126 valence electrons. The first-order chi connectivity index (χ1) is 11.1. The molecule has 0 aliphatic carbocycles. The van der Waals surface area contributed by atoms with Crippen LogP contribution in [0.4, 0.5) is 5.69 Å². The molecule has 0 atom stereocenters. The molecule has 0 aromatic heterocycles. The third kappa shape index (κ3) is 6.90. The number of unbranched alkanes of at least 4 members (excludes halogenated alkanes) is 3. The molecule has 0 bridgehead atoms. The zero-order valence-electron chi connectivity index (χ0n) is 13.2. The zero-order valence-corrected chi connectivity index (χ0v) is 13.2. The molecule has 0 saturated heterocycles. The van der Waals surface area contributed by atoms with Gasteiger partial charge in [0.2, 0.25) is 0 Å². The lowest BCUT2D eigenvalue weighted by Crippen LogP contribution is -2.03. The van der Waals surface area contributed by atoms with E-state index in [2.05, 4.69) is 0 Å². The molecule has 1 rings (SSSR count). The normalized spacial score (nSPS) is 10.1. The van der Waals surface area contributed by atoms with Crippen LogP contribution in [0.1, 0.15) is 49.4 Å². The molecule has 0 N–H and O–H groups in total. The molecule has 0 heterocycles. The number of esters is 1. The summed E-state index contributed by atoms with van der Waals surface area (Å²) in [5.74, 6) is 0.264. The number of carbonyl (C=O) groups is 2. The van der Waals surface area contributed by atoms with Crippen LogP contribution in [0.2, 0.25) is 0 Å². The van der Waals surface area contributed by atoms with Crippen LogP contribution in [0.3, 0.4) is 0 Å². The van der Waals surface area contributed by atoms with E-state index in [1.165, 1.54) is 18.2 Å². The van der Waals surface area contributed by atoms with Crippen molar-refractivity contribution in [2.75, 3.05) is 13.2 Å². The predicted octanol–water partition coefficient (Wildman–Crippen LogP) is 3.30. The Morgan fingerprint density at radius 3 is 2.65 bits per heavy atom. The van der Waals surface area contributed by atoms with Crippen LogP contribution >= 0.6 is 0 Å². The number of aldehydes is 1. The van der Waals surface area contributed by atoms with Crippen molar-refractivity contribution in [2.45, 2.75) is 39.0 Å². The SMILES string of the molecule is CCOC(=O)CCCCCCOc1ccc([N+](=O)[O-])c(C=O)c1. The van der Waals surface area contributed by atoms with Crippen LogP contribution in [-0.2, 0) is 9.53 Å². The van der Waals surface area contributed by atoms with Gasteiger partial charge in [0.25, 0.3) is 5.69 Å². The predicted molar refractivity (Wildman–Crippen MR) is 83.7 cm³/mol. The van der Waals surface area contributed by atoms with E-state index in [1.54, 1.807) is 6.92 Å². The number of carbonyl (C=O) groups excluding carboxylic acids is 2. The average Bonchev–Trinajstić information content (AvgIpc) is 2.53. The number of hydrogen-bond donors (Lipinski definition) is 0. The van der Waals surface area contributed by atoms with Gasteiger partial charge < -0.3 is 9.47 Å². The summed E-state index contributed by atoms with van der Waals surface area (Å²) < 4.78 is 10.3. The molecule has 0 aliphatic heterocycles. The van der Waals surface area contributed by atoms with Crippen LogP contribution in [0.5, 0.6) is 5.75 Å². The zero-order chi connectivity index (χ0) is 17.1. The fourth-order valence-electron chi connectivity index (χ4n) is 2.03. The van der Waals surface area contributed by atoms with E-state index in [1.807, 2.05) is 0 Å². The van der Waals surface area contributed by atoms with Crippen LogP contribution in [-0.4, -0.2) is 30.4 Å². The second-order valence-electron chi connectivity index (χ2n) is 4.91. The Morgan fingerprint density at radius 2 is 2.00 bits per heavy atom. The third-order valence-corrected chi connectivity index (χ3v) is 3.17. The number of nitro benzene ring substituents is 1. The Hall–Kier alpha value is -2.44. The van der Waals surface area contributed by atoms with Gasteiger partial charge in [0.15, 0.2) is 6.29 Å². The van der Waals surface area contributed by atoms with Gasteiger partial charge in [-0.15, -0.1) is 0 Å². The van der Waals surface area contributed by atoms with Crippen LogP contribution in [0, 0.1) is 10.1 Å². The van der Waals surface area contributed by atoms with E-state index in [9.17, 15) is 19.7 Å². The van der Waals surface area contributed by atoms with Crippen LogP contribution in [0.15, 0.2) is 18.2 Å². The molecule has 0 fully saturated rings. The van der Waals surface area contributed by atoms with Gasteiger partial charge in [0.1, 0.15) is 5.75 Å². The lowest BCUT2D eigenvalue weighted by molar-refractivity contribution is -0.385. The van der Waals surface area contributed by atoms with E-state index in [-0.39, 0.29) is 17.2 Å². The molecule has 0 amide bonds. The van der Waals surface area contributed by atoms with Crippen LogP contribution < -0.4 is 4.74 Å². The highest BCUT2D eigenvalue weighted by atomic mass is 16.6. The summed E-state index contributed by atoms with van der Waals surface area (Å²) in [6.07, 6.45) is 4.27. The minimum absolute atomic E-state index is 0.00179. The van der Waals surface area contributed by atoms with E-state index in [0.29, 0.717) is 31.7 Å². The van der Waals surface area contributed by atoms with Gasteiger partial charge in [-0.25, -0.2) is 0 Å². The highest BCUT2D eigenvalue weighted by Gasteiger charge is 2.13. The Balaban J connectivity index is 2.25. The van der Waals surface area contributed by atoms with Gasteiger partial charge >= 0.3 is 5.97 Å². The van der Waals surface area contributed by atoms with Gasteiger partial charge in [-0.1, -0.05) is 12.8 Å². The van der Waals surface area contributed by atoms with Gasteiger partial charge in [-0.2, -0.15) is 0 Å². The lowest BCUT2D eigenvalue weighted by atomic mass is 10.1. The van der Waals surface area contributed by atoms with Crippen molar-refractivity contribution >= 4 is 17.9 Å². The summed E-state index contributed by atoms with van der Waals surface area (Å²) in [6, 6.07) is 4.11. The molecule has 0 spiro atoms. The molecule has 0 radical (unpaired) electrons. The summed E-state index contributed by atoms with van der Waals surface area (Å²) in [7, 11) is 0. The summed E-state index contributed by atoms with van der Waals surface area (Å²) in [5.41, 5.74) is -0.228. The second kappa shape index (κ2) is 10.3. The van der Waals surface area contributed by atoms with Crippen molar-refractivity contribution in [3.63, 3.8) is 0 Å². The number of hydrogen-bond acceptors (Lipinski definition) is 6. The fourth-order valence-corrected chi connectivity index (χ4v) is 2.03. The van der Waals surface area contributed by atoms with E-state index < -0.39 is 4.92 Å². The fraction of sp³-hybridized carbons (Fsp3) is 0.500. The van der Waals surface area contributed by atoms with Crippen molar-refractivity contribution < 1.29 is 24.0 Å². The maximum absolute atomic E-state index is 11.1. The Morgan fingerprint density at radius 1 is 1.26 bits per heavy atom. The van der Waals surface area contributed by atoms with Crippen LogP contribution in [0.25, 0.3) is 0 Å². The quantitative estimate of drug-likeness (QED) is 0.204. The summed E-state index contributed by atoms with van der Waals surface area (Å²) in [4.78, 5) is 32.1. The minimum atomic E-state index is -0.600. The minimum Gasteiger partial charge on any atom is -0.494 e. The molecule has 0 saturated carbocycles. The number of benzene rings is 1. The maximum Gasteiger partial charge on any atom is 0.305 e. The maximum atomic E-state index is 11.1. The Bertz CT molecular complexity index is 543. The second-order valence-corrected chi connectivity index (χ2v) is 4.91. The van der Waals surface area contributed by atoms with Crippen molar-refractivity contribution in [1.82, 2.24) is 0 Å². The molecule has 7 heteroatoms. The van der Waals surface area contributed by atoms with E-state index in [4.69, 9.17) is 9.47 Å². The number of nitro groups is 1. The number of rotatable bonds is 11. The molecular formula is C16H21NO6. The van der Waals surface area contributed by atoms with E-state index >= 15 is 0 Å². The average molecular weight is 323 g/mol. The van der Waals surface area contributed by atoms with Gasteiger partial charge in [0.05, 0.1) is 23.7 Å². The van der Waals surface area contributed by atoms with Gasteiger partial charge in [-0.05, 0) is 31.9 Å². The molecule has 0 unspecified atom stereocenters. The van der Waals surface area contributed by atoms with Crippen molar-refractivity contribution in [1.29, 1.82) is 0 Å². The highest BCUT2D eigenvalue weighted by Crippen LogP contribution is 2.22. The molecule has 23 heavy (non-hydrogen) atoms. The Labute approximate surface area is 134 Å². The largest absolute Gasteiger partial charge is 0.494 e. The summed E-state index contributed by atoms with van der Waals surface area (Å²) in [5, 5.41) is 10.7. The topological polar surface area (TPSA) is 95.7 Å². The van der Waals surface area contributed by atoms with Crippen molar-refractivity contribution in [3.05, 3.63) is 33.9 Å². The third-order valence-electron chi connectivity index (χ3n) is 3.17. The van der Waals surface area contributed by atoms with E-state index in [0.717, 1.165) is 25.7 Å². The molecule has 1 aromatic rings. The number of nitrogens with zero attached hydrogens (tertiary/aromatic N) is 1. The summed E-state index contributed by atoms with van der Waals surface area (Å²) >= 11 is 0. The lowest BCUT2D eigenvalue weighted by Gasteiger charge is -2.07. The molecule has 7 nitrogen and oxygen atoms in total. The smallest absolute Gasteiger partial charge is 0.305 e. The first-order valence-electron chi connectivity index (χ1n) is 7.60. The van der Waals surface area contributed by atoms with Gasteiger partial charge in [0, 0.05) is 12.5 Å². The van der Waals surface area contributed by atoms with Crippen molar-refractivity contribution in [3.8, 4) is 5.75 Å². The standard InChI is InChI=1S/C16H21NO6/c1-2-22-16(19)7-5-3-4-6-10-23-14-8-9-15(17(20)21)13(11-14)12-18/h8-9,11-12H,2-7,10H2,1H3. The first kappa shape index (κ1) is 18.6. The molecule has 0 aliphatic rings. The molecular weight excluding hydrogens is 302 g/mol. The number of ether oxygens (including phenoxy) is 2. The summed E-state index contributed by atoms with van der Waals surface area (Å²) in [6.45, 7) is 2.64. The van der Waals surface area contributed by atoms with Gasteiger partial charge in [-0.3, -0.25) is 19.7 Å².